The molecule has 1 heterocycles. The lowest BCUT2D eigenvalue weighted by molar-refractivity contribution is 0.602. The predicted octanol–water partition coefficient (Wildman–Crippen LogP) is 5.13. The van der Waals surface area contributed by atoms with E-state index >= 15 is 0 Å². The summed E-state index contributed by atoms with van der Waals surface area (Å²) in [6, 6.07) is 21.0. The van der Waals surface area contributed by atoms with Gasteiger partial charge in [-0.15, -0.1) is 0 Å². The zero-order valence-electron chi connectivity index (χ0n) is 15.4. The maximum absolute atomic E-state index is 11.5. The number of fused-ring (bicyclic) bond motifs is 2. The van der Waals surface area contributed by atoms with Crippen molar-refractivity contribution in [2.24, 2.45) is 5.10 Å². The molecule has 0 fully saturated rings. The van der Waals surface area contributed by atoms with Gasteiger partial charge in [0, 0.05) is 16.0 Å². The molecule has 1 aliphatic rings. The van der Waals surface area contributed by atoms with Gasteiger partial charge in [-0.25, -0.2) is 8.42 Å². The number of benzene rings is 3. The summed E-state index contributed by atoms with van der Waals surface area (Å²) in [4.78, 5) is 2.68. The number of anilines is 3. The molecule has 2 N–H and O–H groups in total. The molecule has 0 saturated heterocycles. The fourth-order valence-corrected chi connectivity index (χ4v) is 4.45. The molecule has 0 radical (unpaired) electrons. The summed E-state index contributed by atoms with van der Waals surface area (Å²) in [6.45, 7) is 1.93. The van der Waals surface area contributed by atoms with Crippen molar-refractivity contribution in [2.75, 3.05) is 17.0 Å². The predicted molar refractivity (Wildman–Crippen MR) is 116 cm³/mol. The Balaban J connectivity index is 1.52. The maximum Gasteiger partial charge on any atom is 0.175 e. The minimum Gasteiger partial charge on any atom is -0.354 e. The highest BCUT2D eigenvalue weighted by Gasteiger charge is 2.15. The second kappa shape index (κ2) is 7.33. The van der Waals surface area contributed by atoms with Crippen LogP contribution in [-0.4, -0.2) is 20.4 Å². The van der Waals surface area contributed by atoms with Crippen LogP contribution in [0, 0.1) is 0 Å². The van der Waals surface area contributed by atoms with Crippen molar-refractivity contribution in [2.45, 2.75) is 21.6 Å². The lowest BCUT2D eigenvalue weighted by atomic mass is 10.1. The smallest absolute Gasteiger partial charge is 0.175 e. The first-order chi connectivity index (χ1) is 13.4. The highest BCUT2D eigenvalue weighted by Crippen LogP contribution is 2.44. The maximum atomic E-state index is 11.5. The van der Waals surface area contributed by atoms with E-state index in [9.17, 15) is 8.42 Å². The van der Waals surface area contributed by atoms with E-state index in [-0.39, 0.29) is 4.90 Å². The number of hydrogen-bond donors (Lipinski definition) is 2. The third-order valence-corrected chi connectivity index (χ3v) is 6.69. The number of rotatable bonds is 4. The molecule has 0 aliphatic carbocycles. The van der Waals surface area contributed by atoms with Crippen molar-refractivity contribution in [3.05, 3.63) is 72.3 Å². The van der Waals surface area contributed by atoms with Gasteiger partial charge < -0.3 is 5.32 Å². The summed E-state index contributed by atoms with van der Waals surface area (Å²) >= 11 is 1.75. The average Bonchev–Trinajstić information content (AvgIpc) is 2.69. The van der Waals surface area contributed by atoms with Crippen molar-refractivity contribution in [1.29, 1.82) is 0 Å². The molecule has 0 amide bonds. The number of nitrogens with zero attached hydrogens (tertiary/aromatic N) is 1. The Bertz CT molecular complexity index is 1170. The van der Waals surface area contributed by atoms with Gasteiger partial charge in [-0.05, 0) is 61.0 Å². The van der Waals surface area contributed by atoms with Crippen molar-refractivity contribution < 1.29 is 8.42 Å². The quantitative estimate of drug-likeness (QED) is 0.361. The molecule has 5 nitrogen and oxygen atoms in total. The number of para-hydroxylation sites is 1. The molecule has 0 saturated carbocycles. The minimum atomic E-state index is -3.20. The fourth-order valence-electron chi connectivity index (χ4n) is 2.85. The van der Waals surface area contributed by atoms with Crippen molar-refractivity contribution in [3.8, 4) is 0 Å². The van der Waals surface area contributed by atoms with Gasteiger partial charge in [-0.3, -0.25) is 5.43 Å². The lowest BCUT2D eigenvalue weighted by Crippen LogP contribution is -2.04. The molecule has 0 atom stereocenters. The molecule has 0 unspecified atom stereocenters. The molecule has 28 heavy (non-hydrogen) atoms. The van der Waals surface area contributed by atoms with Crippen molar-refractivity contribution >= 4 is 44.4 Å². The van der Waals surface area contributed by atoms with Crippen molar-refractivity contribution in [1.82, 2.24) is 0 Å². The van der Waals surface area contributed by atoms with Crippen LogP contribution in [0.5, 0.6) is 0 Å². The third kappa shape index (κ3) is 3.90. The monoisotopic (exact) mass is 409 g/mol. The van der Waals surface area contributed by atoms with E-state index in [1.54, 1.807) is 36.0 Å². The van der Waals surface area contributed by atoms with Crippen LogP contribution in [-0.2, 0) is 9.84 Å². The van der Waals surface area contributed by atoms with E-state index in [4.69, 9.17) is 0 Å². The van der Waals surface area contributed by atoms with E-state index in [0.29, 0.717) is 0 Å². The fraction of sp³-hybridized carbons (Fsp3) is 0.0952. The topological polar surface area (TPSA) is 70.6 Å². The van der Waals surface area contributed by atoms with Crippen LogP contribution in [0.25, 0.3) is 0 Å². The van der Waals surface area contributed by atoms with Gasteiger partial charge in [0.15, 0.2) is 9.84 Å². The molecule has 142 valence electrons. The molecule has 7 heteroatoms. The zero-order chi connectivity index (χ0) is 19.7. The Labute approximate surface area is 168 Å². The van der Waals surface area contributed by atoms with Gasteiger partial charge >= 0.3 is 0 Å². The molecule has 4 rings (SSSR count). The normalized spacial score (nSPS) is 13.3. The highest BCUT2D eigenvalue weighted by molar-refractivity contribution is 7.99. The van der Waals surface area contributed by atoms with Gasteiger partial charge in [-0.1, -0.05) is 30.0 Å². The number of nitrogens with one attached hydrogen (secondary N) is 2. The van der Waals surface area contributed by atoms with E-state index in [0.717, 1.165) is 28.3 Å². The standard InChI is InChI=1S/C21H19N3O2S2/c1-14(23-24-16-8-10-17(11-9-16)28(2,25)26)15-7-12-21-19(13-15)22-18-5-3-4-6-20(18)27-21/h3-13,22,24H,1-2H3/b23-14+. The summed E-state index contributed by atoms with van der Waals surface area (Å²) in [5, 5.41) is 7.91. The highest BCUT2D eigenvalue weighted by atomic mass is 32.2. The Morgan fingerprint density at radius 3 is 2.43 bits per heavy atom. The number of hydrogen-bond acceptors (Lipinski definition) is 6. The van der Waals surface area contributed by atoms with Crippen LogP contribution in [0.3, 0.4) is 0 Å². The van der Waals surface area contributed by atoms with Gasteiger partial charge in [0.05, 0.1) is 27.7 Å². The second-order valence-electron chi connectivity index (χ2n) is 6.54. The zero-order valence-corrected chi connectivity index (χ0v) is 17.1. The molecule has 1 aliphatic heterocycles. The largest absolute Gasteiger partial charge is 0.354 e. The van der Waals surface area contributed by atoms with Crippen LogP contribution in [0.15, 0.2) is 86.5 Å². The average molecular weight is 410 g/mol. The van der Waals surface area contributed by atoms with Crippen LogP contribution in [0.1, 0.15) is 12.5 Å². The first-order valence-electron chi connectivity index (χ1n) is 8.69. The Hall–Kier alpha value is -2.77. The summed E-state index contributed by atoms with van der Waals surface area (Å²) < 4.78 is 23.1. The Morgan fingerprint density at radius 2 is 1.68 bits per heavy atom. The van der Waals surface area contributed by atoms with Gasteiger partial charge in [0.1, 0.15) is 0 Å². The van der Waals surface area contributed by atoms with E-state index in [1.165, 1.54) is 16.0 Å². The first-order valence-corrected chi connectivity index (χ1v) is 11.4. The second-order valence-corrected chi connectivity index (χ2v) is 9.64. The van der Waals surface area contributed by atoms with Gasteiger partial charge in [-0.2, -0.15) is 5.10 Å². The van der Waals surface area contributed by atoms with Crippen LogP contribution in [0.2, 0.25) is 0 Å². The Morgan fingerprint density at radius 1 is 0.964 bits per heavy atom. The molecule has 0 bridgehead atoms. The van der Waals surface area contributed by atoms with Gasteiger partial charge in [0.2, 0.25) is 0 Å². The summed E-state index contributed by atoms with van der Waals surface area (Å²) in [6.07, 6.45) is 1.19. The van der Waals surface area contributed by atoms with E-state index < -0.39 is 9.84 Å². The molecule has 3 aromatic carbocycles. The SMILES string of the molecule is C/C(=N\Nc1ccc(S(C)(=O)=O)cc1)c1ccc2c(c1)Nc1ccccc1S2. The van der Waals surface area contributed by atoms with Crippen LogP contribution >= 0.6 is 11.8 Å². The summed E-state index contributed by atoms with van der Waals surface area (Å²) in [5.74, 6) is 0. The molecule has 3 aromatic rings. The lowest BCUT2D eigenvalue weighted by Gasteiger charge is -2.21. The van der Waals surface area contributed by atoms with Crippen LogP contribution < -0.4 is 10.7 Å². The van der Waals surface area contributed by atoms with E-state index in [1.807, 2.05) is 19.1 Å². The minimum absolute atomic E-state index is 0.289. The van der Waals surface area contributed by atoms with Crippen molar-refractivity contribution in [3.63, 3.8) is 0 Å². The Kier molecular flexibility index (Phi) is 4.87. The van der Waals surface area contributed by atoms with Crippen LogP contribution in [0.4, 0.5) is 17.1 Å². The number of hydrazone groups is 1. The number of sulfone groups is 1. The summed E-state index contributed by atoms with van der Waals surface area (Å²) in [7, 11) is -3.20. The molecule has 0 aromatic heterocycles. The third-order valence-electron chi connectivity index (χ3n) is 4.41. The van der Waals surface area contributed by atoms with Gasteiger partial charge in [0.25, 0.3) is 0 Å². The van der Waals surface area contributed by atoms with E-state index in [2.05, 4.69) is 46.2 Å². The molecular formula is C21H19N3O2S2. The summed E-state index contributed by atoms with van der Waals surface area (Å²) in [5.41, 5.74) is 7.72. The molecular weight excluding hydrogens is 390 g/mol. The first kappa shape index (κ1) is 18.6. The molecule has 0 spiro atoms.